The monoisotopic (exact) mass is 399 g/mol. The maximum absolute atomic E-state index is 12.6. The lowest BCUT2D eigenvalue weighted by Gasteiger charge is -2.33. The van der Waals surface area contributed by atoms with E-state index in [2.05, 4.69) is 10.1 Å². The van der Waals surface area contributed by atoms with E-state index < -0.39 is 11.4 Å². The van der Waals surface area contributed by atoms with E-state index in [1.165, 1.54) is 0 Å². The zero-order valence-corrected chi connectivity index (χ0v) is 16.5. The summed E-state index contributed by atoms with van der Waals surface area (Å²) in [6.45, 7) is 3.56. The number of rotatable bonds is 6. The molecule has 0 bridgehead atoms. The van der Waals surface area contributed by atoms with E-state index in [0.717, 1.165) is 11.1 Å². The van der Waals surface area contributed by atoms with Gasteiger partial charge in [-0.3, -0.25) is 9.59 Å². The molecule has 0 unspecified atom stereocenters. The number of hydrogen-bond donors (Lipinski definition) is 1. The minimum absolute atomic E-state index is 0.0292. The highest BCUT2D eigenvalue weighted by Gasteiger charge is 2.54. The van der Waals surface area contributed by atoms with Gasteiger partial charge in [0.25, 0.3) is 0 Å². The number of ether oxygens (including phenoxy) is 1. The summed E-state index contributed by atoms with van der Waals surface area (Å²) in [5, 5.41) is 13.7. The third-order valence-electron chi connectivity index (χ3n) is 6.01. The normalized spacial score (nSPS) is 23.8. The third kappa shape index (κ3) is 3.89. The van der Waals surface area contributed by atoms with Gasteiger partial charge in [0, 0.05) is 44.0 Å². The fraction of sp³-hybridized carbons (Fsp3) is 0.524. The van der Waals surface area contributed by atoms with Crippen molar-refractivity contribution in [2.45, 2.75) is 32.6 Å². The van der Waals surface area contributed by atoms with Crippen LogP contribution in [0.5, 0.6) is 0 Å². The molecular weight excluding hydrogens is 374 g/mol. The molecule has 4 rings (SSSR count). The van der Waals surface area contributed by atoms with Crippen molar-refractivity contribution in [2.75, 3.05) is 26.3 Å². The van der Waals surface area contributed by atoms with Crippen LogP contribution in [-0.2, 0) is 20.7 Å². The standard InChI is InChI=1S/C21H25N3O5/c1-14-4-2-5-15(10-14)19-22-17(29-23-19)6-3-7-18(25)24-11-16-12-28-9-8-21(16,13-24)20(26)27/h2,4-5,10,16H,3,6-9,11-13H2,1H3,(H,26,27)/t16-,21+/m1/s1. The van der Waals surface area contributed by atoms with Gasteiger partial charge in [-0.25, -0.2) is 0 Å². The van der Waals surface area contributed by atoms with Gasteiger partial charge in [0.15, 0.2) is 0 Å². The highest BCUT2D eigenvalue weighted by molar-refractivity contribution is 5.81. The van der Waals surface area contributed by atoms with Gasteiger partial charge in [0.1, 0.15) is 0 Å². The number of carbonyl (C=O) groups is 2. The van der Waals surface area contributed by atoms with Crippen LogP contribution in [0.1, 0.15) is 30.7 Å². The van der Waals surface area contributed by atoms with Crippen LogP contribution in [0.2, 0.25) is 0 Å². The summed E-state index contributed by atoms with van der Waals surface area (Å²) in [6, 6.07) is 7.88. The molecule has 2 aromatic rings. The number of aryl methyl sites for hydroxylation is 2. The molecule has 2 saturated heterocycles. The Morgan fingerprint density at radius 2 is 2.24 bits per heavy atom. The molecule has 3 heterocycles. The number of carboxylic acids is 1. The topological polar surface area (TPSA) is 106 Å². The molecule has 1 aromatic heterocycles. The number of carbonyl (C=O) groups excluding carboxylic acids is 1. The second-order valence-corrected chi connectivity index (χ2v) is 7.99. The molecule has 0 radical (unpaired) electrons. The van der Waals surface area contributed by atoms with Crippen molar-refractivity contribution in [3.63, 3.8) is 0 Å². The van der Waals surface area contributed by atoms with Crippen LogP contribution in [-0.4, -0.2) is 58.3 Å². The van der Waals surface area contributed by atoms with Gasteiger partial charge in [-0.1, -0.05) is 28.9 Å². The molecule has 2 atom stereocenters. The quantitative estimate of drug-likeness (QED) is 0.794. The number of amides is 1. The zero-order valence-electron chi connectivity index (χ0n) is 16.5. The van der Waals surface area contributed by atoms with Crippen molar-refractivity contribution in [2.24, 2.45) is 11.3 Å². The lowest BCUT2D eigenvalue weighted by molar-refractivity contribution is -0.157. The Morgan fingerprint density at radius 1 is 1.38 bits per heavy atom. The van der Waals surface area contributed by atoms with E-state index in [-0.39, 0.29) is 18.4 Å². The maximum Gasteiger partial charge on any atom is 0.311 e. The molecule has 2 aliphatic heterocycles. The fourth-order valence-electron chi connectivity index (χ4n) is 4.30. The van der Waals surface area contributed by atoms with Crippen molar-refractivity contribution in [1.29, 1.82) is 0 Å². The lowest BCUT2D eigenvalue weighted by Crippen LogP contribution is -2.45. The van der Waals surface area contributed by atoms with Crippen LogP contribution < -0.4 is 0 Å². The first-order valence-corrected chi connectivity index (χ1v) is 9.96. The van der Waals surface area contributed by atoms with Crippen molar-refractivity contribution in [3.05, 3.63) is 35.7 Å². The molecule has 8 heteroatoms. The zero-order chi connectivity index (χ0) is 20.4. The lowest BCUT2D eigenvalue weighted by atomic mass is 9.74. The summed E-state index contributed by atoms with van der Waals surface area (Å²) >= 11 is 0. The Balaban J connectivity index is 1.31. The average Bonchev–Trinajstić information content (AvgIpc) is 3.33. The van der Waals surface area contributed by atoms with Crippen molar-refractivity contribution >= 4 is 11.9 Å². The van der Waals surface area contributed by atoms with E-state index in [1.54, 1.807) is 4.90 Å². The Hall–Kier alpha value is -2.74. The fourth-order valence-corrected chi connectivity index (χ4v) is 4.30. The van der Waals surface area contributed by atoms with Crippen molar-refractivity contribution in [3.8, 4) is 11.4 Å². The van der Waals surface area contributed by atoms with Crippen LogP contribution in [0.15, 0.2) is 28.8 Å². The molecule has 0 spiro atoms. The van der Waals surface area contributed by atoms with Gasteiger partial charge in [-0.2, -0.15) is 4.98 Å². The minimum atomic E-state index is -0.858. The van der Waals surface area contributed by atoms with Gasteiger partial charge in [-0.15, -0.1) is 0 Å². The number of nitrogens with zero attached hydrogens (tertiary/aromatic N) is 3. The number of benzene rings is 1. The van der Waals surface area contributed by atoms with Gasteiger partial charge >= 0.3 is 5.97 Å². The van der Waals surface area contributed by atoms with Gasteiger partial charge in [-0.05, 0) is 25.8 Å². The summed E-state index contributed by atoms with van der Waals surface area (Å²) in [6.07, 6.45) is 1.87. The Labute approximate surface area is 168 Å². The van der Waals surface area contributed by atoms with E-state index >= 15 is 0 Å². The molecule has 0 aliphatic carbocycles. The van der Waals surface area contributed by atoms with Gasteiger partial charge in [0.2, 0.25) is 17.6 Å². The molecule has 1 N–H and O–H groups in total. The second kappa shape index (κ2) is 7.94. The van der Waals surface area contributed by atoms with E-state index in [1.807, 2.05) is 31.2 Å². The Kier molecular flexibility index (Phi) is 5.36. The highest BCUT2D eigenvalue weighted by atomic mass is 16.5. The molecule has 1 aromatic carbocycles. The van der Waals surface area contributed by atoms with Crippen molar-refractivity contribution in [1.82, 2.24) is 15.0 Å². The molecule has 8 nitrogen and oxygen atoms in total. The number of likely N-dealkylation sites (tertiary alicyclic amines) is 1. The number of aliphatic carboxylic acids is 1. The third-order valence-corrected chi connectivity index (χ3v) is 6.01. The summed E-state index contributed by atoms with van der Waals surface area (Å²) in [4.78, 5) is 30.6. The van der Waals surface area contributed by atoms with Crippen LogP contribution in [0, 0.1) is 18.3 Å². The van der Waals surface area contributed by atoms with Crippen LogP contribution in [0.3, 0.4) is 0 Å². The molecule has 0 saturated carbocycles. The smallest absolute Gasteiger partial charge is 0.311 e. The Morgan fingerprint density at radius 3 is 3.00 bits per heavy atom. The van der Waals surface area contributed by atoms with Crippen LogP contribution in [0.4, 0.5) is 0 Å². The van der Waals surface area contributed by atoms with Crippen molar-refractivity contribution < 1.29 is 24.0 Å². The predicted molar refractivity (Wildman–Crippen MR) is 103 cm³/mol. The Bertz CT molecular complexity index is 911. The molecule has 1 amide bonds. The summed E-state index contributed by atoms with van der Waals surface area (Å²) in [5.41, 5.74) is 1.16. The first-order valence-electron chi connectivity index (χ1n) is 9.96. The second-order valence-electron chi connectivity index (χ2n) is 7.99. The van der Waals surface area contributed by atoms with E-state index in [0.29, 0.717) is 57.2 Å². The van der Waals surface area contributed by atoms with Gasteiger partial charge in [0.05, 0.1) is 12.0 Å². The molecule has 2 fully saturated rings. The molecular formula is C21H25N3O5. The van der Waals surface area contributed by atoms with Gasteiger partial charge < -0.3 is 19.3 Å². The molecule has 2 aliphatic rings. The number of hydrogen-bond acceptors (Lipinski definition) is 6. The van der Waals surface area contributed by atoms with Crippen LogP contribution >= 0.6 is 0 Å². The minimum Gasteiger partial charge on any atom is -0.481 e. The van der Waals surface area contributed by atoms with E-state index in [9.17, 15) is 14.7 Å². The largest absolute Gasteiger partial charge is 0.481 e. The number of aromatic nitrogens is 2. The summed E-state index contributed by atoms with van der Waals surface area (Å²) in [5.74, 6) is 0.0569. The first kappa shape index (κ1) is 19.6. The summed E-state index contributed by atoms with van der Waals surface area (Å²) in [7, 11) is 0. The molecule has 154 valence electrons. The highest BCUT2D eigenvalue weighted by Crippen LogP contribution is 2.42. The van der Waals surface area contributed by atoms with E-state index in [4.69, 9.17) is 9.26 Å². The maximum atomic E-state index is 12.6. The SMILES string of the molecule is Cc1cccc(-c2noc(CCCC(=O)N3C[C@@H]4COCC[C@]4(C(=O)O)C3)n2)c1. The number of carboxylic acid groups (broad SMARTS) is 1. The molecule has 29 heavy (non-hydrogen) atoms. The number of fused-ring (bicyclic) bond motifs is 1. The summed E-state index contributed by atoms with van der Waals surface area (Å²) < 4.78 is 10.8. The first-order chi connectivity index (χ1) is 14.0. The predicted octanol–water partition coefficient (Wildman–Crippen LogP) is 2.32. The van der Waals surface area contributed by atoms with Crippen LogP contribution in [0.25, 0.3) is 11.4 Å². The average molecular weight is 399 g/mol.